The molecular weight excluding hydrogens is 272 g/mol. The zero-order valence-corrected chi connectivity index (χ0v) is 13.6. The van der Waals surface area contributed by atoms with E-state index in [2.05, 4.69) is 15.7 Å². The molecule has 0 aliphatic carbocycles. The number of amides is 1. The Bertz CT molecular complexity index is 471. The Labute approximate surface area is 125 Å². The van der Waals surface area contributed by atoms with Crippen LogP contribution in [-0.4, -0.2) is 28.9 Å². The van der Waals surface area contributed by atoms with E-state index < -0.39 is 0 Å². The van der Waals surface area contributed by atoms with Gasteiger partial charge >= 0.3 is 0 Å². The SMILES string of the molecule is CSCC(C)NC(=O)c1cc(NN)nc(C(C)(C)C)c1. The Balaban J connectivity index is 3.02. The number of carbonyl (C=O) groups excluding carboxylic acids is 1. The Morgan fingerprint density at radius 3 is 2.60 bits per heavy atom. The van der Waals surface area contributed by atoms with Crippen molar-refractivity contribution >= 4 is 23.5 Å². The molecule has 0 fully saturated rings. The minimum atomic E-state index is -0.146. The van der Waals surface area contributed by atoms with Crippen molar-refractivity contribution in [2.24, 2.45) is 5.84 Å². The van der Waals surface area contributed by atoms with Crippen LogP contribution in [0.5, 0.6) is 0 Å². The predicted octanol–water partition coefficient (Wildman–Crippen LogP) is 2.15. The number of hydrazine groups is 1. The van der Waals surface area contributed by atoms with Gasteiger partial charge in [0, 0.05) is 28.5 Å². The van der Waals surface area contributed by atoms with E-state index in [4.69, 9.17) is 5.84 Å². The molecule has 20 heavy (non-hydrogen) atoms. The van der Waals surface area contributed by atoms with Crippen LogP contribution < -0.4 is 16.6 Å². The van der Waals surface area contributed by atoms with Gasteiger partial charge in [-0.1, -0.05) is 20.8 Å². The highest BCUT2D eigenvalue weighted by atomic mass is 32.2. The van der Waals surface area contributed by atoms with Crippen LogP contribution in [0.15, 0.2) is 12.1 Å². The molecule has 1 heterocycles. The molecule has 0 saturated carbocycles. The minimum absolute atomic E-state index is 0.101. The van der Waals surface area contributed by atoms with E-state index in [0.717, 1.165) is 11.4 Å². The van der Waals surface area contributed by atoms with Crippen LogP contribution in [0.4, 0.5) is 5.82 Å². The van der Waals surface area contributed by atoms with E-state index in [1.54, 1.807) is 17.8 Å². The Kier molecular flexibility index (Phi) is 5.83. The largest absolute Gasteiger partial charge is 0.349 e. The third-order valence-corrected chi connectivity index (χ3v) is 3.63. The van der Waals surface area contributed by atoms with Gasteiger partial charge in [0.25, 0.3) is 5.91 Å². The molecule has 0 aliphatic heterocycles. The number of rotatable bonds is 5. The lowest BCUT2D eigenvalue weighted by Gasteiger charge is -2.20. The second-order valence-electron chi connectivity index (χ2n) is 5.85. The number of aromatic nitrogens is 1. The topological polar surface area (TPSA) is 80.0 Å². The molecule has 1 aromatic heterocycles. The van der Waals surface area contributed by atoms with Gasteiger partial charge in [0.15, 0.2) is 0 Å². The highest BCUT2D eigenvalue weighted by molar-refractivity contribution is 7.98. The molecule has 5 nitrogen and oxygen atoms in total. The number of anilines is 1. The first-order valence-electron chi connectivity index (χ1n) is 6.57. The number of nitrogens with zero attached hydrogens (tertiary/aromatic N) is 1. The molecule has 1 rings (SSSR count). The van der Waals surface area contributed by atoms with Crippen LogP contribution in [0.3, 0.4) is 0 Å². The summed E-state index contributed by atoms with van der Waals surface area (Å²) in [6.07, 6.45) is 2.02. The lowest BCUT2D eigenvalue weighted by Crippen LogP contribution is -2.34. The highest BCUT2D eigenvalue weighted by Gasteiger charge is 2.19. The fourth-order valence-corrected chi connectivity index (χ4v) is 2.30. The summed E-state index contributed by atoms with van der Waals surface area (Å²) in [5.74, 6) is 6.71. The highest BCUT2D eigenvalue weighted by Crippen LogP contribution is 2.23. The summed E-state index contributed by atoms with van der Waals surface area (Å²) in [5, 5.41) is 2.97. The number of hydrogen-bond donors (Lipinski definition) is 3. The summed E-state index contributed by atoms with van der Waals surface area (Å²) >= 11 is 1.70. The summed E-state index contributed by atoms with van der Waals surface area (Å²) in [5.41, 5.74) is 3.78. The standard InChI is InChI=1S/C14H24N4OS/c1-9(8-20-5)16-13(19)10-6-11(14(2,3)4)17-12(7-10)18-15/h6-7,9H,8,15H2,1-5H3,(H,16,19)(H,17,18). The summed E-state index contributed by atoms with van der Waals surface area (Å²) in [6.45, 7) is 8.14. The molecule has 0 aromatic carbocycles. The third-order valence-electron chi connectivity index (χ3n) is 2.80. The molecule has 1 aromatic rings. The van der Waals surface area contributed by atoms with Crippen LogP contribution in [0, 0.1) is 0 Å². The van der Waals surface area contributed by atoms with Gasteiger partial charge in [0.05, 0.1) is 0 Å². The van der Waals surface area contributed by atoms with E-state index in [0.29, 0.717) is 11.4 Å². The number of nitrogens with one attached hydrogen (secondary N) is 2. The molecule has 6 heteroatoms. The fourth-order valence-electron chi connectivity index (χ4n) is 1.72. The average molecular weight is 296 g/mol. The zero-order valence-electron chi connectivity index (χ0n) is 12.8. The lowest BCUT2D eigenvalue weighted by molar-refractivity contribution is 0.0943. The molecular formula is C14H24N4OS. The second kappa shape index (κ2) is 6.95. The van der Waals surface area contributed by atoms with Crippen LogP contribution in [0.2, 0.25) is 0 Å². The quantitative estimate of drug-likeness (QED) is 0.573. The van der Waals surface area contributed by atoms with Crippen molar-refractivity contribution in [2.75, 3.05) is 17.4 Å². The summed E-state index contributed by atoms with van der Waals surface area (Å²) in [6, 6.07) is 3.61. The maximum atomic E-state index is 12.3. The molecule has 1 unspecified atom stereocenters. The number of thioether (sulfide) groups is 1. The molecule has 1 atom stereocenters. The molecule has 4 N–H and O–H groups in total. The third kappa shape index (κ3) is 4.68. The van der Waals surface area contributed by atoms with E-state index in [-0.39, 0.29) is 17.4 Å². The zero-order chi connectivity index (χ0) is 15.3. The maximum Gasteiger partial charge on any atom is 0.251 e. The molecule has 0 bridgehead atoms. The van der Waals surface area contributed by atoms with Crippen LogP contribution in [0.1, 0.15) is 43.7 Å². The maximum absolute atomic E-state index is 12.3. The minimum Gasteiger partial charge on any atom is -0.349 e. The molecule has 0 aliphatic rings. The monoisotopic (exact) mass is 296 g/mol. The van der Waals surface area contributed by atoms with Crippen molar-refractivity contribution in [3.63, 3.8) is 0 Å². The predicted molar refractivity (Wildman–Crippen MR) is 86.1 cm³/mol. The number of carbonyl (C=O) groups is 1. The van der Waals surface area contributed by atoms with E-state index >= 15 is 0 Å². The van der Waals surface area contributed by atoms with Crippen LogP contribution >= 0.6 is 11.8 Å². The van der Waals surface area contributed by atoms with Crippen molar-refractivity contribution < 1.29 is 4.79 Å². The molecule has 0 saturated heterocycles. The smallest absolute Gasteiger partial charge is 0.251 e. The van der Waals surface area contributed by atoms with E-state index in [1.807, 2.05) is 40.0 Å². The fraction of sp³-hybridized carbons (Fsp3) is 0.571. The lowest BCUT2D eigenvalue weighted by atomic mass is 9.90. The first-order valence-corrected chi connectivity index (χ1v) is 7.96. The average Bonchev–Trinajstić information content (AvgIpc) is 2.37. The summed E-state index contributed by atoms with van der Waals surface area (Å²) in [4.78, 5) is 16.7. The first-order chi connectivity index (χ1) is 9.27. The summed E-state index contributed by atoms with van der Waals surface area (Å²) < 4.78 is 0. The van der Waals surface area contributed by atoms with Crippen molar-refractivity contribution in [3.05, 3.63) is 23.4 Å². The second-order valence-corrected chi connectivity index (χ2v) is 6.76. The van der Waals surface area contributed by atoms with Crippen molar-refractivity contribution in [3.8, 4) is 0 Å². The molecule has 0 radical (unpaired) electrons. The number of pyridine rings is 1. The van der Waals surface area contributed by atoms with Gasteiger partial charge in [-0.2, -0.15) is 11.8 Å². The number of nitrogens with two attached hydrogens (primary N) is 1. The van der Waals surface area contributed by atoms with Crippen molar-refractivity contribution in [1.82, 2.24) is 10.3 Å². The van der Waals surface area contributed by atoms with Gasteiger partial charge in [-0.05, 0) is 25.3 Å². The van der Waals surface area contributed by atoms with Gasteiger partial charge in [-0.15, -0.1) is 0 Å². The Morgan fingerprint density at radius 1 is 1.45 bits per heavy atom. The normalized spacial score (nSPS) is 12.9. The molecule has 112 valence electrons. The Morgan fingerprint density at radius 2 is 2.10 bits per heavy atom. The van der Waals surface area contributed by atoms with Gasteiger partial charge in [0.1, 0.15) is 5.82 Å². The van der Waals surface area contributed by atoms with Crippen molar-refractivity contribution in [1.29, 1.82) is 0 Å². The van der Waals surface area contributed by atoms with Gasteiger partial charge in [-0.25, -0.2) is 10.8 Å². The van der Waals surface area contributed by atoms with Crippen LogP contribution in [0.25, 0.3) is 0 Å². The van der Waals surface area contributed by atoms with Gasteiger partial charge in [0.2, 0.25) is 0 Å². The van der Waals surface area contributed by atoms with Gasteiger partial charge in [-0.3, -0.25) is 4.79 Å². The Hall–Kier alpha value is -1.27. The van der Waals surface area contributed by atoms with Gasteiger partial charge < -0.3 is 10.7 Å². The van der Waals surface area contributed by atoms with Crippen LogP contribution in [-0.2, 0) is 5.41 Å². The molecule has 0 spiro atoms. The van der Waals surface area contributed by atoms with Crippen molar-refractivity contribution in [2.45, 2.75) is 39.2 Å². The summed E-state index contributed by atoms with van der Waals surface area (Å²) in [7, 11) is 0. The number of nitrogen functional groups attached to an aromatic ring is 1. The number of hydrogen-bond acceptors (Lipinski definition) is 5. The van der Waals surface area contributed by atoms with E-state index in [1.165, 1.54) is 0 Å². The molecule has 1 amide bonds. The van der Waals surface area contributed by atoms with E-state index in [9.17, 15) is 4.79 Å². The first kappa shape index (κ1) is 16.8.